The van der Waals surface area contributed by atoms with Gasteiger partial charge in [-0.2, -0.15) is 0 Å². The number of methoxy groups -OCH3 is 1. The van der Waals surface area contributed by atoms with Crippen molar-refractivity contribution >= 4 is 27.6 Å². The summed E-state index contributed by atoms with van der Waals surface area (Å²) in [5, 5.41) is 5.33. The van der Waals surface area contributed by atoms with E-state index in [-0.39, 0.29) is 11.4 Å². The molecule has 1 aromatic heterocycles. The molecule has 3 aromatic carbocycles. The van der Waals surface area contributed by atoms with Gasteiger partial charge in [0, 0.05) is 36.3 Å². The van der Waals surface area contributed by atoms with Crippen molar-refractivity contribution in [2.45, 2.75) is 37.3 Å². The van der Waals surface area contributed by atoms with Crippen molar-refractivity contribution in [1.82, 2.24) is 15.2 Å². The molecule has 0 radical (unpaired) electrons. The molecule has 2 fully saturated rings. The highest BCUT2D eigenvalue weighted by molar-refractivity contribution is 6.07. The molecule has 0 aliphatic heterocycles. The summed E-state index contributed by atoms with van der Waals surface area (Å²) in [5.74, 6) is 2.58. The predicted octanol–water partition coefficient (Wildman–Crippen LogP) is 5.55. The second kappa shape index (κ2) is 9.23. The molecule has 1 amide bonds. The van der Waals surface area contributed by atoms with Crippen molar-refractivity contribution in [3.8, 4) is 23.0 Å². The number of rotatable bonds is 9. The summed E-state index contributed by atoms with van der Waals surface area (Å²) in [6, 6.07) is 17.8. The quantitative estimate of drug-likeness (QED) is 0.327. The van der Waals surface area contributed by atoms with Gasteiger partial charge in [-0.15, -0.1) is 0 Å². The van der Waals surface area contributed by atoms with E-state index in [4.69, 9.17) is 14.2 Å². The van der Waals surface area contributed by atoms with E-state index in [1.807, 2.05) is 54.6 Å². The van der Waals surface area contributed by atoms with Crippen molar-refractivity contribution in [2.75, 3.05) is 27.8 Å². The van der Waals surface area contributed by atoms with Gasteiger partial charge in [0.05, 0.1) is 18.2 Å². The monoisotopic (exact) mass is 497 g/mol. The van der Waals surface area contributed by atoms with Gasteiger partial charge in [-0.05, 0) is 79.9 Å². The van der Waals surface area contributed by atoms with Crippen LogP contribution in [0, 0.1) is 0 Å². The van der Waals surface area contributed by atoms with Crippen LogP contribution in [0.15, 0.2) is 60.8 Å². The molecule has 1 heterocycles. The van der Waals surface area contributed by atoms with Crippen LogP contribution in [0.25, 0.3) is 21.7 Å². The van der Waals surface area contributed by atoms with E-state index in [0.717, 1.165) is 21.7 Å². The maximum absolute atomic E-state index is 12.2. The summed E-state index contributed by atoms with van der Waals surface area (Å²) in [7, 11) is 5.51. The Bertz CT molecular complexity index is 1490. The zero-order chi connectivity index (χ0) is 25.6. The zero-order valence-corrected chi connectivity index (χ0v) is 21.4. The van der Waals surface area contributed by atoms with Crippen LogP contribution in [0.1, 0.15) is 36.0 Å². The molecular weight excluding hydrogens is 466 g/mol. The highest BCUT2D eigenvalue weighted by Crippen LogP contribution is 2.47. The highest BCUT2D eigenvalue weighted by atomic mass is 16.5. The van der Waals surface area contributed by atoms with E-state index in [2.05, 4.69) is 22.2 Å². The van der Waals surface area contributed by atoms with Gasteiger partial charge < -0.3 is 19.5 Å². The number of nitrogens with one attached hydrogen (secondary N) is 1. The fraction of sp³-hybridized carbons (Fsp3) is 0.333. The van der Waals surface area contributed by atoms with Crippen LogP contribution < -0.4 is 19.5 Å². The topological polar surface area (TPSA) is 72.9 Å². The third-order valence-electron chi connectivity index (χ3n) is 7.70. The number of carbonyl (C=O) groups excluding carboxylic acids is 1. The minimum absolute atomic E-state index is 0.115. The Hall–Kier alpha value is -3.84. The number of aromatic nitrogens is 1. The first-order chi connectivity index (χ1) is 18.0. The summed E-state index contributed by atoms with van der Waals surface area (Å²) in [6.07, 6.45) is 6.65. The Labute approximate surface area is 216 Å². The number of hydrogen-bond acceptors (Lipinski definition) is 6. The van der Waals surface area contributed by atoms with E-state index in [0.29, 0.717) is 41.2 Å². The van der Waals surface area contributed by atoms with Crippen LogP contribution in [0.4, 0.5) is 0 Å². The van der Waals surface area contributed by atoms with Crippen LogP contribution in [0.5, 0.6) is 23.0 Å². The number of benzene rings is 3. The molecule has 4 aromatic rings. The lowest BCUT2D eigenvalue weighted by atomic mass is 10.0. The molecule has 0 atom stereocenters. The van der Waals surface area contributed by atoms with Crippen molar-refractivity contribution < 1.29 is 19.0 Å². The predicted molar refractivity (Wildman–Crippen MR) is 144 cm³/mol. The van der Waals surface area contributed by atoms with Gasteiger partial charge in [0.1, 0.15) is 18.1 Å². The lowest BCUT2D eigenvalue weighted by Crippen LogP contribution is -2.40. The number of nitrogens with zero attached hydrogens (tertiary/aromatic N) is 2. The molecular formula is C30H31N3O4. The van der Waals surface area contributed by atoms with Crippen LogP contribution >= 0.6 is 0 Å². The molecule has 0 bridgehead atoms. The van der Waals surface area contributed by atoms with Crippen LogP contribution in [-0.4, -0.2) is 55.2 Å². The minimum atomic E-state index is -0.115. The van der Waals surface area contributed by atoms with Gasteiger partial charge in [-0.3, -0.25) is 14.7 Å². The van der Waals surface area contributed by atoms with Gasteiger partial charge in [0.15, 0.2) is 11.5 Å². The third-order valence-corrected chi connectivity index (χ3v) is 7.70. The SMILES string of the molecule is CNC(=O)c1cccc2cc(Oc3ccnc4cc(OCC5(N(C)C6CC6)CC5)c(OC)cc34)ccc12. The number of pyridine rings is 1. The second-order valence-electron chi connectivity index (χ2n) is 10.1. The molecule has 6 rings (SSSR count). The molecule has 2 saturated carbocycles. The lowest BCUT2D eigenvalue weighted by Gasteiger charge is -2.28. The smallest absolute Gasteiger partial charge is 0.251 e. The summed E-state index contributed by atoms with van der Waals surface area (Å²) < 4.78 is 18.3. The largest absolute Gasteiger partial charge is 0.493 e. The fourth-order valence-corrected chi connectivity index (χ4v) is 5.08. The van der Waals surface area contributed by atoms with E-state index in [1.54, 1.807) is 20.4 Å². The average molecular weight is 498 g/mol. The number of likely N-dealkylation sites (N-methyl/N-ethyl adjacent to an activating group) is 1. The van der Waals surface area contributed by atoms with E-state index >= 15 is 0 Å². The van der Waals surface area contributed by atoms with Crippen molar-refractivity contribution in [2.24, 2.45) is 0 Å². The Kier molecular flexibility index (Phi) is 5.88. The summed E-state index contributed by atoms with van der Waals surface area (Å²) in [4.78, 5) is 19.3. The first kappa shape index (κ1) is 23.6. The maximum atomic E-state index is 12.2. The normalized spacial score (nSPS) is 16.1. The Morgan fingerprint density at radius 1 is 1.05 bits per heavy atom. The average Bonchev–Trinajstić information content (AvgIpc) is 3.86. The molecule has 0 spiro atoms. The number of carbonyl (C=O) groups is 1. The Morgan fingerprint density at radius 3 is 2.62 bits per heavy atom. The van der Waals surface area contributed by atoms with Crippen LogP contribution in [0.3, 0.4) is 0 Å². The Balaban J connectivity index is 1.28. The molecule has 1 N–H and O–H groups in total. The van der Waals surface area contributed by atoms with Crippen molar-refractivity contribution in [3.63, 3.8) is 0 Å². The number of amides is 1. The second-order valence-corrected chi connectivity index (χ2v) is 10.1. The number of hydrogen-bond donors (Lipinski definition) is 1. The molecule has 2 aliphatic carbocycles. The van der Waals surface area contributed by atoms with Crippen LogP contribution in [-0.2, 0) is 0 Å². The van der Waals surface area contributed by atoms with E-state index < -0.39 is 0 Å². The first-order valence-electron chi connectivity index (χ1n) is 12.8. The molecule has 37 heavy (non-hydrogen) atoms. The Morgan fingerprint density at radius 2 is 1.89 bits per heavy atom. The van der Waals surface area contributed by atoms with Crippen molar-refractivity contribution in [3.05, 3.63) is 66.4 Å². The van der Waals surface area contributed by atoms with Gasteiger partial charge in [0.2, 0.25) is 0 Å². The lowest BCUT2D eigenvalue weighted by molar-refractivity contribution is 0.0964. The van der Waals surface area contributed by atoms with E-state index in [9.17, 15) is 4.79 Å². The fourth-order valence-electron chi connectivity index (χ4n) is 5.08. The van der Waals surface area contributed by atoms with Crippen molar-refractivity contribution in [1.29, 1.82) is 0 Å². The molecule has 190 valence electrons. The minimum Gasteiger partial charge on any atom is -0.493 e. The maximum Gasteiger partial charge on any atom is 0.251 e. The zero-order valence-electron chi connectivity index (χ0n) is 21.4. The van der Waals surface area contributed by atoms with Gasteiger partial charge in [-0.25, -0.2) is 0 Å². The highest BCUT2D eigenvalue weighted by Gasteiger charge is 2.51. The molecule has 2 aliphatic rings. The van der Waals surface area contributed by atoms with Gasteiger partial charge >= 0.3 is 0 Å². The third kappa shape index (κ3) is 4.44. The number of fused-ring (bicyclic) bond motifs is 2. The standard InChI is InChI=1S/C30H31N3O4/c1-31-29(34)23-6-4-5-19-15-21(9-10-22(19)23)37-26-11-14-32-25-17-28(27(35-3)16-24(25)26)36-18-30(12-13-30)33(2)20-7-8-20/h4-6,9-11,14-17,20H,7-8,12-13,18H2,1-3H3,(H,31,34). The molecule has 0 unspecified atom stereocenters. The van der Waals surface area contributed by atoms with Crippen LogP contribution in [0.2, 0.25) is 0 Å². The van der Waals surface area contributed by atoms with E-state index in [1.165, 1.54) is 25.7 Å². The summed E-state index contributed by atoms with van der Waals surface area (Å²) >= 11 is 0. The summed E-state index contributed by atoms with van der Waals surface area (Å²) in [6.45, 7) is 0.646. The number of ether oxygens (including phenoxy) is 3. The van der Waals surface area contributed by atoms with Gasteiger partial charge in [-0.1, -0.05) is 12.1 Å². The molecule has 7 nitrogen and oxygen atoms in total. The van der Waals surface area contributed by atoms with Gasteiger partial charge in [0.25, 0.3) is 5.91 Å². The summed E-state index contributed by atoms with van der Waals surface area (Å²) in [5.41, 5.74) is 1.55. The first-order valence-corrected chi connectivity index (χ1v) is 12.8. The molecule has 7 heteroatoms. The molecule has 0 saturated heterocycles.